The van der Waals surface area contributed by atoms with Gasteiger partial charge < -0.3 is 10.2 Å². The highest BCUT2D eigenvalue weighted by Crippen LogP contribution is 2.47. The van der Waals surface area contributed by atoms with Crippen molar-refractivity contribution in [2.24, 2.45) is 0 Å². The lowest BCUT2D eigenvalue weighted by Crippen LogP contribution is -2.48. The Bertz CT molecular complexity index is 850. The van der Waals surface area contributed by atoms with E-state index in [2.05, 4.69) is 17.3 Å². The molecule has 136 valence electrons. The van der Waals surface area contributed by atoms with Gasteiger partial charge in [-0.3, -0.25) is 9.59 Å². The van der Waals surface area contributed by atoms with Crippen LogP contribution >= 0.6 is 11.8 Å². The van der Waals surface area contributed by atoms with Crippen LogP contribution in [0.2, 0.25) is 0 Å². The summed E-state index contributed by atoms with van der Waals surface area (Å²) in [7, 11) is 0. The summed E-state index contributed by atoms with van der Waals surface area (Å²) in [6, 6.07) is 11.5. The van der Waals surface area contributed by atoms with Crippen LogP contribution in [-0.4, -0.2) is 43.2 Å². The zero-order valence-electron chi connectivity index (χ0n) is 14.9. The Morgan fingerprint density at radius 2 is 2.15 bits per heavy atom. The molecule has 7 heteroatoms. The van der Waals surface area contributed by atoms with Crippen molar-refractivity contribution in [3.63, 3.8) is 0 Å². The molecular formula is C19H22N4O2S. The van der Waals surface area contributed by atoms with Crippen molar-refractivity contribution in [2.45, 2.75) is 44.1 Å². The molecule has 2 aromatic rings. The van der Waals surface area contributed by atoms with Crippen LogP contribution in [0.1, 0.15) is 31.0 Å². The number of benzene rings is 1. The van der Waals surface area contributed by atoms with Gasteiger partial charge in [-0.15, -0.1) is 11.8 Å². The highest BCUT2D eigenvalue weighted by Gasteiger charge is 2.52. The standard InChI is InChI=1S/C19H22N4O2S/c1-13-10-16(22(21-13)11-14-6-4-3-5-7-14)20-18(25)15-12-26-19(2)9-8-17(24)23(15)19/h3-7,10,15H,8-9,11-12H2,1-2H3,(H,20,25). The number of nitrogens with zero attached hydrogens (tertiary/aromatic N) is 3. The molecule has 0 saturated carbocycles. The minimum atomic E-state index is -0.416. The molecule has 2 amide bonds. The molecule has 0 spiro atoms. The number of hydrogen-bond acceptors (Lipinski definition) is 4. The van der Waals surface area contributed by atoms with Crippen LogP contribution in [-0.2, 0) is 16.1 Å². The Kier molecular flexibility index (Phi) is 4.26. The number of carbonyl (C=O) groups is 2. The van der Waals surface area contributed by atoms with Crippen molar-refractivity contribution in [3.8, 4) is 0 Å². The topological polar surface area (TPSA) is 67.2 Å². The van der Waals surface area contributed by atoms with Crippen LogP contribution < -0.4 is 5.32 Å². The molecule has 0 bridgehead atoms. The van der Waals surface area contributed by atoms with Gasteiger partial charge in [-0.25, -0.2) is 4.68 Å². The molecule has 2 aliphatic rings. The Morgan fingerprint density at radius 3 is 2.92 bits per heavy atom. The van der Waals surface area contributed by atoms with E-state index in [0.29, 0.717) is 24.5 Å². The second-order valence-electron chi connectivity index (χ2n) is 7.07. The van der Waals surface area contributed by atoms with Crippen LogP contribution in [0, 0.1) is 6.92 Å². The molecule has 0 radical (unpaired) electrons. The zero-order chi connectivity index (χ0) is 18.3. The summed E-state index contributed by atoms with van der Waals surface area (Å²) >= 11 is 1.70. The summed E-state index contributed by atoms with van der Waals surface area (Å²) in [5.41, 5.74) is 1.96. The van der Waals surface area contributed by atoms with E-state index in [0.717, 1.165) is 17.7 Å². The first-order valence-electron chi connectivity index (χ1n) is 8.82. The molecule has 1 aromatic heterocycles. The number of carbonyl (C=O) groups excluding carboxylic acids is 2. The van der Waals surface area contributed by atoms with Crippen LogP contribution in [0.15, 0.2) is 36.4 Å². The Hall–Kier alpha value is -2.28. The van der Waals surface area contributed by atoms with Crippen LogP contribution in [0.3, 0.4) is 0 Å². The molecule has 1 aromatic carbocycles. The third-order valence-electron chi connectivity index (χ3n) is 5.08. The number of aromatic nitrogens is 2. The summed E-state index contributed by atoms with van der Waals surface area (Å²) in [6.45, 7) is 4.55. The molecular weight excluding hydrogens is 348 g/mol. The average Bonchev–Trinajstić information content (AvgIpc) is 3.22. The summed E-state index contributed by atoms with van der Waals surface area (Å²) < 4.78 is 1.80. The summed E-state index contributed by atoms with van der Waals surface area (Å²) in [6.07, 6.45) is 1.34. The molecule has 3 heterocycles. The first-order chi connectivity index (χ1) is 12.5. The first kappa shape index (κ1) is 17.1. The van der Waals surface area contributed by atoms with E-state index in [4.69, 9.17) is 0 Å². The molecule has 2 saturated heterocycles. The van der Waals surface area contributed by atoms with Gasteiger partial charge in [-0.05, 0) is 25.8 Å². The minimum Gasteiger partial charge on any atom is -0.315 e. The highest BCUT2D eigenvalue weighted by atomic mass is 32.2. The largest absolute Gasteiger partial charge is 0.315 e. The van der Waals surface area contributed by atoms with Crippen LogP contribution in [0.5, 0.6) is 0 Å². The van der Waals surface area contributed by atoms with Gasteiger partial charge in [-0.1, -0.05) is 30.3 Å². The third-order valence-corrected chi connectivity index (χ3v) is 6.58. The van der Waals surface area contributed by atoms with E-state index in [1.807, 2.05) is 43.3 Å². The monoisotopic (exact) mass is 370 g/mol. The predicted octanol–water partition coefficient (Wildman–Crippen LogP) is 2.63. The Labute approximate surface area is 156 Å². The van der Waals surface area contributed by atoms with Crippen LogP contribution in [0.25, 0.3) is 0 Å². The fourth-order valence-electron chi connectivity index (χ4n) is 3.75. The van der Waals surface area contributed by atoms with E-state index < -0.39 is 6.04 Å². The van der Waals surface area contributed by atoms with Crippen molar-refractivity contribution in [1.82, 2.24) is 14.7 Å². The average molecular weight is 370 g/mol. The lowest BCUT2D eigenvalue weighted by molar-refractivity contribution is -0.135. The van der Waals surface area contributed by atoms with E-state index in [1.165, 1.54) is 0 Å². The maximum atomic E-state index is 12.9. The van der Waals surface area contributed by atoms with E-state index in [9.17, 15) is 9.59 Å². The maximum absolute atomic E-state index is 12.9. The highest BCUT2D eigenvalue weighted by molar-refractivity contribution is 8.01. The zero-order valence-corrected chi connectivity index (χ0v) is 15.8. The van der Waals surface area contributed by atoms with Crippen molar-refractivity contribution in [2.75, 3.05) is 11.1 Å². The molecule has 0 aliphatic carbocycles. The molecule has 2 fully saturated rings. The molecule has 6 nitrogen and oxygen atoms in total. The summed E-state index contributed by atoms with van der Waals surface area (Å²) in [5, 5.41) is 7.50. The third kappa shape index (κ3) is 3.00. The van der Waals surface area contributed by atoms with Gasteiger partial charge in [0.2, 0.25) is 11.8 Å². The molecule has 1 N–H and O–H groups in total. The smallest absolute Gasteiger partial charge is 0.249 e. The van der Waals surface area contributed by atoms with Crippen LogP contribution in [0.4, 0.5) is 5.82 Å². The van der Waals surface area contributed by atoms with Gasteiger partial charge in [-0.2, -0.15) is 5.10 Å². The lowest BCUT2D eigenvalue weighted by Gasteiger charge is -2.29. The van der Waals surface area contributed by atoms with Crippen molar-refractivity contribution in [1.29, 1.82) is 0 Å². The molecule has 4 rings (SSSR count). The van der Waals surface area contributed by atoms with Gasteiger partial charge in [0, 0.05) is 18.2 Å². The number of amides is 2. The summed E-state index contributed by atoms with van der Waals surface area (Å²) in [5.74, 6) is 1.25. The number of thioether (sulfide) groups is 1. The van der Waals surface area contributed by atoms with Gasteiger partial charge in [0.15, 0.2) is 0 Å². The molecule has 2 aliphatic heterocycles. The van der Waals surface area contributed by atoms with Crippen molar-refractivity contribution in [3.05, 3.63) is 47.7 Å². The van der Waals surface area contributed by atoms with E-state index in [-0.39, 0.29) is 16.7 Å². The number of anilines is 1. The fraction of sp³-hybridized carbons (Fsp3) is 0.421. The number of nitrogens with one attached hydrogen (secondary N) is 1. The second kappa shape index (κ2) is 6.46. The minimum absolute atomic E-state index is 0.0756. The van der Waals surface area contributed by atoms with Crippen molar-refractivity contribution < 1.29 is 9.59 Å². The van der Waals surface area contributed by atoms with Gasteiger partial charge in [0.25, 0.3) is 0 Å². The van der Waals surface area contributed by atoms with E-state index >= 15 is 0 Å². The maximum Gasteiger partial charge on any atom is 0.249 e. The van der Waals surface area contributed by atoms with E-state index in [1.54, 1.807) is 21.3 Å². The van der Waals surface area contributed by atoms with Crippen molar-refractivity contribution >= 4 is 29.4 Å². The SMILES string of the molecule is Cc1cc(NC(=O)C2CSC3(C)CCC(=O)N23)n(Cc2ccccc2)n1. The molecule has 2 atom stereocenters. The number of rotatable bonds is 4. The fourth-order valence-corrected chi connectivity index (χ4v) is 5.18. The first-order valence-corrected chi connectivity index (χ1v) is 9.80. The molecule has 2 unspecified atom stereocenters. The quantitative estimate of drug-likeness (QED) is 0.898. The normalized spacial score (nSPS) is 24.8. The van der Waals surface area contributed by atoms with Gasteiger partial charge in [0.05, 0.1) is 17.1 Å². The number of fused-ring (bicyclic) bond motifs is 1. The Morgan fingerprint density at radius 1 is 1.38 bits per heavy atom. The molecule has 26 heavy (non-hydrogen) atoms. The van der Waals surface area contributed by atoms with Gasteiger partial charge >= 0.3 is 0 Å². The number of hydrogen-bond donors (Lipinski definition) is 1. The van der Waals surface area contributed by atoms with Gasteiger partial charge in [0.1, 0.15) is 11.9 Å². The lowest BCUT2D eigenvalue weighted by atomic mass is 10.2. The number of aryl methyl sites for hydroxylation is 1. The predicted molar refractivity (Wildman–Crippen MR) is 102 cm³/mol. The second-order valence-corrected chi connectivity index (χ2v) is 8.57. The summed E-state index contributed by atoms with van der Waals surface area (Å²) in [4.78, 5) is 26.7. The Balaban J connectivity index is 1.53.